The number of ether oxygens (including phenoxy) is 1. The molecule has 0 saturated heterocycles. The van der Waals surface area contributed by atoms with Crippen molar-refractivity contribution < 1.29 is 4.74 Å². The van der Waals surface area contributed by atoms with E-state index >= 15 is 0 Å². The van der Waals surface area contributed by atoms with Crippen molar-refractivity contribution in [2.75, 3.05) is 6.61 Å². The molecular formula is C18H21N7O. The predicted molar refractivity (Wildman–Crippen MR) is 98.9 cm³/mol. The van der Waals surface area contributed by atoms with Crippen LogP contribution in [0, 0.1) is 0 Å². The molecule has 4 N–H and O–H groups in total. The van der Waals surface area contributed by atoms with E-state index in [-0.39, 0.29) is 5.84 Å². The van der Waals surface area contributed by atoms with E-state index < -0.39 is 0 Å². The highest BCUT2D eigenvalue weighted by atomic mass is 16.5. The lowest BCUT2D eigenvalue weighted by Crippen LogP contribution is -2.22. The summed E-state index contributed by atoms with van der Waals surface area (Å²) >= 11 is 0. The van der Waals surface area contributed by atoms with Crippen LogP contribution < -0.4 is 11.6 Å². The topological polar surface area (TPSA) is 117 Å². The van der Waals surface area contributed by atoms with Crippen molar-refractivity contribution in [2.45, 2.75) is 31.8 Å². The van der Waals surface area contributed by atoms with E-state index in [2.05, 4.69) is 26.2 Å². The number of hydrogen-bond donors (Lipinski definition) is 2. The van der Waals surface area contributed by atoms with Gasteiger partial charge in [-0.15, -0.1) is 0 Å². The summed E-state index contributed by atoms with van der Waals surface area (Å²) in [7, 11) is 0. The SMILES string of the molecule is N/N=C(\N)c1cncc(-n2ncc3cc(CCOC4CCC4)cnc32)c1. The van der Waals surface area contributed by atoms with Gasteiger partial charge in [0.05, 0.1) is 30.8 Å². The van der Waals surface area contributed by atoms with Gasteiger partial charge in [-0.25, -0.2) is 9.67 Å². The Morgan fingerprint density at radius 1 is 1.23 bits per heavy atom. The molecule has 1 aliphatic carbocycles. The fraction of sp³-hybridized carbons (Fsp3) is 0.333. The number of rotatable bonds is 6. The van der Waals surface area contributed by atoms with Crippen molar-refractivity contribution >= 4 is 16.9 Å². The average molecular weight is 351 g/mol. The van der Waals surface area contributed by atoms with Crippen molar-refractivity contribution in [3.8, 4) is 5.69 Å². The number of pyridine rings is 2. The number of hydrogen-bond acceptors (Lipinski definition) is 6. The summed E-state index contributed by atoms with van der Waals surface area (Å²) in [6.45, 7) is 0.732. The van der Waals surface area contributed by atoms with E-state index in [0.29, 0.717) is 11.7 Å². The maximum atomic E-state index is 5.82. The molecule has 0 unspecified atom stereocenters. The highest BCUT2D eigenvalue weighted by molar-refractivity contribution is 5.97. The molecule has 3 aromatic heterocycles. The van der Waals surface area contributed by atoms with Gasteiger partial charge in [0.1, 0.15) is 0 Å². The van der Waals surface area contributed by atoms with E-state index in [1.54, 1.807) is 23.3 Å². The van der Waals surface area contributed by atoms with Crippen molar-refractivity contribution in [1.29, 1.82) is 0 Å². The second-order valence-electron chi connectivity index (χ2n) is 6.43. The normalized spacial score (nSPS) is 15.3. The molecule has 8 heteroatoms. The third-order valence-electron chi connectivity index (χ3n) is 4.66. The van der Waals surface area contributed by atoms with Crippen molar-refractivity contribution in [1.82, 2.24) is 19.7 Å². The van der Waals surface area contributed by atoms with Crippen LogP contribution in [0.15, 0.2) is 42.0 Å². The molecule has 1 saturated carbocycles. The average Bonchev–Trinajstić information content (AvgIpc) is 3.06. The van der Waals surface area contributed by atoms with Crippen LogP contribution in [-0.4, -0.2) is 38.3 Å². The first kappa shape index (κ1) is 16.5. The van der Waals surface area contributed by atoms with Crippen LogP contribution in [0.25, 0.3) is 16.7 Å². The van der Waals surface area contributed by atoms with Crippen LogP contribution in [0.3, 0.4) is 0 Å². The summed E-state index contributed by atoms with van der Waals surface area (Å²) in [4.78, 5) is 8.76. The number of fused-ring (bicyclic) bond motifs is 1. The summed E-state index contributed by atoms with van der Waals surface area (Å²) < 4.78 is 7.55. The van der Waals surface area contributed by atoms with Gasteiger partial charge in [0.15, 0.2) is 11.5 Å². The van der Waals surface area contributed by atoms with Gasteiger partial charge in [-0.3, -0.25) is 4.98 Å². The first-order valence-electron chi connectivity index (χ1n) is 8.68. The fourth-order valence-electron chi connectivity index (χ4n) is 2.93. The van der Waals surface area contributed by atoms with E-state index in [1.165, 1.54) is 19.3 Å². The first-order valence-corrected chi connectivity index (χ1v) is 8.68. The Bertz CT molecular complexity index is 946. The Kier molecular flexibility index (Phi) is 4.49. The number of nitrogens with zero attached hydrogens (tertiary/aromatic N) is 5. The third-order valence-corrected chi connectivity index (χ3v) is 4.66. The lowest BCUT2D eigenvalue weighted by atomic mass is 9.96. The highest BCUT2D eigenvalue weighted by Gasteiger charge is 2.17. The van der Waals surface area contributed by atoms with Crippen LogP contribution in [0.2, 0.25) is 0 Å². The van der Waals surface area contributed by atoms with Gasteiger partial charge >= 0.3 is 0 Å². The van der Waals surface area contributed by atoms with Gasteiger partial charge in [-0.2, -0.15) is 10.2 Å². The molecule has 26 heavy (non-hydrogen) atoms. The van der Waals surface area contributed by atoms with Crippen LogP contribution in [-0.2, 0) is 11.2 Å². The molecule has 134 valence electrons. The van der Waals surface area contributed by atoms with E-state index in [9.17, 15) is 0 Å². The fourth-order valence-corrected chi connectivity index (χ4v) is 2.93. The largest absolute Gasteiger partial charge is 0.382 e. The van der Waals surface area contributed by atoms with Gasteiger partial charge < -0.3 is 16.3 Å². The van der Waals surface area contributed by atoms with Crippen LogP contribution in [0.5, 0.6) is 0 Å². The minimum Gasteiger partial charge on any atom is -0.382 e. The smallest absolute Gasteiger partial charge is 0.162 e. The van der Waals surface area contributed by atoms with E-state index in [1.807, 2.05) is 12.3 Å². The molecule has 4 rings (SSSR count). The number of nitrogens with two attached hydrogens (primary N) is 2. The monoisotopic (exact) mass is 351 g/mol. The molecular weight excluding hydrogens is 330 g/mol. The second-order valence-corrected chi connectivity index (χ2v) is 6.43. The van der Waals surface area contributed by atoms with Crippen LogP contribution in [0.4, 0.5) is 0 Å². The van der Waals surface area contributed by atoms with Crippen LogP contribution >= 0.6 is 0 Å². The Morgan fingerprint density at radius 2 is 2.12 bits per heavy atom. The summed E-state index contributed by atoms with van der Waals surface area (Å²) in [6, 6.07) is 3.93. The van der Waals surface area contributed by atoms with Gasteiger partial charge in [-0.05, 0) is 43.4 Å². The molecule has 0 aromatic carbocycles. The molecule has 1 fully saturated rings. The lowest BCUT2D eigenvalue weighted by molar-refractivity contribution is 0.00412. The third kappa shape index (κ3) is 3.23. The molecule has 0 radical (unpaired) electrons. The zero-order chi connectivity index (χ0) is 17.9. The number of amidine groups is 1. The second kappa shape index (κ2) is 7.09. The highest BCUT2D eigenvalue weighted by Crippen LogP contribution is 2.22. The number of hydrazone groups is 1. The minimum atomic E-state index is 0.220. The maximum Gasteiger partial charge on any atom is 0.162 e. The molecule has 0 bridgehead atoms. The van der Waals surface area contributed by atoms with Crippen molar-refractivity contribution in [2.24, 2.45) is 16.7 Å². The lowest BCUT2D eigenvalue weighted by Gasteiger charge is -2.25. The molecule has 0 amide bonds. The molecule has 8 nitrogen and oxygen atoms in total. The summed E-state index contributed by atoms with van der Waals surface area (Å²) in [5, 5.41) is 8.91. The van der Waals surface area contributed by atoms with Gasteiger partial charge in [0.25, 0.3) is 0 Å². The Labute approximate surface area is 150 Å². The zero-order valence-corrected chi connectivity index (χ0v) is 14.4. The Morgan fingerprint density at radius 3 is 2.88 bits per heavy atom. The summed E-state index contributed by atoms with van der Waals surface area (Å²) in [5.41, 5.74) is 9.05. The van der Waals surface area contributed by atoms with Gasteiger partial charge in [-0.1, -0.05) is 0 Å². The zero-order valence-electron chi connectivity index (χ0n) is 14.4. The van der Waals surface area contributed by atoms with Crippen LogP contribution in [0.1, 0.15) is 30.4 Å². The molecule has 1 aliphatic rings. The number of aromatic nitrogens is 4. The van der Waals surface area contributed by atoms with Crippen molar-refractivity contribution in [3.63, 3.8) is 0 Å². The maximum absolute atomic E-state index is 5.82. The Hall–Kier alpha value is -3.00. The van der Waals surface area contributed by atoms with Crippen molar-refractivity contribution in [3.05, 3.63) is 48.0 Å². The molecule has 3 aromatic rings. The van der Waals surface area contributed by atoms with Gasteiger partial charge in [0.2, 0.25) is 0 Å². The quantitative estimate of drug-likeness (QED) is 0.301. The molecule has 0 atom stereocenters. The molecule has 0 spiro atoms. The minimum absolute atomic E-state index is 0.220. The molecule has 3 heterocycles. The summed E-state index contributed by atoms with van der Waals surface area (Å²) in [6.07, 6.45) is 12.0. The summed E-state index contributed by atoms with van der Waals surface area (Å²) in [5.74, 6) is 5.46. The van der Waals surface area contributed by atoms with Gasteiger partial charge in [0, 0.05) is 23.3 Å². The Balaban J connectivity index is 1.55. The van der Waals surface area contributed by atoms with E-state index in [4.69, 9.17) is 16.3 Å². The van der Waals surface area contributed by atoms with E-state index in [0.717, 1.165) is 35.3 Å². The molecule has 0 aliphatic heterocycles. The predicted octanol–water partition coefficient (Wildman–Crippen LogP) is 1.51. The first-order chi connectivity index (χ1) is 12.7. The standard InChI is InChI=1S/C18H21N7O/c19-17(24-20)13-7-15(11-21-9-13)25-18-14(10-23-25)6-12(8-22-18)4-5-26-16-2-1-3-16/h6-11,16H,1-5,20H2,(H2,19,24).